The van der Waals surface area contributed by atoms with Gasteiger partial charge in [-0.15, -0.1) is 0 Å². The molecule has 1 heteroatoms. The summed E-state index contributed by atoms with van der Waals surface area (Å²) in [7, 11) is 0. The van der Waals surface area contributed by atoms with Gasteiger partial charge >= 0.3 is 0 Å². The second-order valence-electron chi connectivity index (χ2n) is 4.99. The maximum atomic E-state index is 2.24. The monoisotopic (exact) mass is 232 g/mol. The fourth-order valence-electron chi connectivity index (χ4n) is 1.08. The van der Waals surface area contributed by atoms with Gasteiger partial charge in [0, 0.05) is 4.90 Å². The molecule has 0 heterocycles. The van der Waals surface area contributed by atoms with Crippen molar-refractivity contribution < 1.29 is 0 Å². The Balaban J connectivity index is 2.56. The highest BCUT2D eigenvalue weighted by molar-refractivity contribution is 8.02. The number of hydrogen-bond acceptors (Lipinski definition) is 1. The first-order valence-corrected chi connectivity index (χ1v) is 6.43. The number of hydrogen-bond donors (Lipinski definition) is 0. The summed E-state index contributed by atoms with van der Waals surface area (Å²) in [5.74, 6) is 0. The fourth-order valence-corrected chi connectivity index (χ4v) is 1.80. The Morgan fingerprint density at radius 3 is 2.31 bits per heavy atom. The number of rotatable bonds is 3. The van der Waals surface area contributed by atoms with Crippen molar-refractivity contribution in [3.8, 4) is 0 Å². The maximum Gasteiger partial charge on any atom is 0.0116 e. The van der Waals surface area contributed by atoms with Crippen molar-refractivity contribution in [2.75, 3.05) is 0 Å². The van der Waals surface area contributed by atoms with Crippen molar-refractivity contribution in [1.82, 2.24) is 0 Å². The minimum absolute atomic E-state index is 0.256. The van der Waals surface area contributed by atoms with Crippen molar-refractivity contribution in [3.63, 3.8) is 0 Å². The zero-order valence-electron chi connectivity index (χ0n) is 10.5. The smallest absolute Gasteiger partial charge is 0.0116 e. The molecule has 1 aromatic rings. The van der Waals surface area contributed by atoms with Gasteiger partial charge in [-0.25, -0.2) is 0 Å². The van der Waals surface area contributed by atoms with Crippen LogP contribution in [0.1, 0.15) is 27.7 Å². The lowest BCUT2D eigenvalue weighted by atomic mass is 9.96. The second kappa shape index (κ2) is 5.95. The Hall–Kier alpha value is -0.950. The Morgan fingerprint density at radius 1 is 1.12 bits per heavy atom. The summed E-state index contributed by atoms with van der Waals surface area (Å²) in [6.07, 6.45) is 4.43. The highest BCUT2D eigenvalue weighted by Crippen LogP contribution is 2.21. The number of benzene rings is 1. The Labute approximate surface area is 103 Å². The first-order chi connectivity index (χ1) is 7.47. The fraction of sp³-hybridized carbons (Fsp3) is 0.333. The zero-order valence-corrected chi connectivity index (χ0v) is 11.3. The standard InChI is InChI=1S/C15H20S/c1-13(10-11-15(2,3)4)12-16-14-8-6-5-7-9-14/h5-12H,1-4H3/b11-10+,13-12+. The molecule has 0 saturated heterocycles. The molecule has 0 aliphatic carbocycles. The molecule has 0 saturated carbocycles. The molecule has 0 aliphatic rings. The van der Waals surface area contributed by atoms with Crippen LogP contribution < -0.4 is 0 Å². The van der Waals surface area contributed by atoms with Crippen LogP contribution >= 0.6 is 11.8 Å². The summed E-state index contributed by atoms with van der Waals surface area (Å²) < 4.78 is 0. The van der Waals surface area contributed by atoms with E-state index in [1.807, 2.05) is 6.07 Å². The Morgan fingerprint density at radius 2 is 1.75 bits per heavy atom. The first-order valence-electron chi connectivity index (χ1n) is 5.55. The van der Waals surface area contributed by atoms with Gasteiger partial charge in [0.1, 0.15) is 0 Å². The minimum atomic E-state index is 0.256. The van der Waals surface area contributed by atoms with Crippen LogP contribution in [0.5, 0.6) is 0 Å². The van der Waals surface area contributed by atoms with Crippen LogP contribution in [0.3, 0.4) is 0 Å². The molecule has 0 unspecified atom stereocenters. The van der Waals surface area contributed by atoms with Gasteiger partial charge in [-0.3, -0.25) is 0 Å². The SMILES string of the molecule is CC(/C=C/C(C)(C)C)=C\Sc1ccccc1. The van der Waals surface area contributed by atoms with Gasteiger partial charge in [0.15, 0.2) is 0 Å². The third-order valence-corrected chi connectivity index (χ3v) is 3.00. The van der Waals surface area contributed by atoms with Crippen molar-refractivity contribution in [2.24, 2.45) is 5.41 Å². The molecule has 0 nitrogen and oxygen atoms in total. The quantitative estimate of drug-likeness (QED) is 0.504. The predicted molar refractivity (Wildman–Crippen MR) is 74.7 cm³/mol. The van der Waals surface area contributed by atoms with Crippen LogP contribution in [0, 0.1) is 5.41 Å². The van der Waals surface area contributed by atoms with E-state index in [9.17, 15) is 0 Å². The van der Waals surface area contributed by atoms with Crippen LogP contribution in [-0.4, -0.2) is 0 Å². The van der Waals surface area contributed by atoms with E-state index in [1.54, 1.807) is 11.8 Å². The molecule has 0 spiro atoms. The highest BCUT2D eigenvalue weighted by Gasteiger charge is 2.02. The normalized spacial score (nSPS) is 13.4. The zero-order chi connectivity index (χ0) is 12.0. The number of thioether (sulfide) groups is 1. The van der Waals surface area contributed by atoms with E-state index in [4.69, 9.17) is 0 Å². The molecule has 16 heavy (non-hydrogen) atoms. The van der Waals surface area contributed by atoms with Gasteiger partial charge < -0.3 is 0 Å². The summed E-state index contributed by atoms with van der Waals surface area (Å²) in [5.41, 5.74) is 1.55. The van der Waals surface area contributed by atoms with Crippen LogP contribution in [0.15, 0.2) is 58.4 Å². The van der Waals surface area contributed by atoms with Crippen LogP contribution in [0.4, 0.5) is 0 Å². The van der Waals surface area contributed by atoms with Gasteiger partial charge in [0.2, 0.25) is 0 Å². The van der Waals surface area contributed by atoms with Gasteiger partial charge in [0.25, 0.3) is 0 Å². The van der Waals surface area contributed by atoms with Gasteiger partial charge in [-0.2, -0.15) is 0 Å². The van der Waals surface area contributed by atoms with Crippen LogP contribution in [-0.2, 0) is 0 Å². The number of allylic oxidation sites excluding steroid dienone is 3. The molecule has 0 aromatic heterocycles. The van der Waals surface area contributed by atoms with Crippen molar-refractivity contribution >= 4 is 11.8 Å². The molecule has 0 atom stereocenters. The second-order valence-corrected chi connectivity index (χ2v) is 5.93. The summed E-state index contributed by atoms with van der Waals surface area (Å²) in [4.78, 5) is 1.28. The average Bonchev–Trinajstić information content (AvgIpc) is 2.24. The third-order valence-electron chi connectivity index (χ3n) is 1.97. The van der Waals surface area contributed by atoms with Crippen molar-refractivity contribution in [1.29, 1.82) is 0 Å². The molecule has 86 valence electrons. The summed E-state index contributed by atoms with van der Waals surface area (Å²) in [6, 6.07) is 10.4. The van der Waals surface area contributed by atoms with Gasteiger partial charge in [0.05, 0.1) is 0 Å². The van der Waals surface area contributed by atoms with Crippen molar-refractivity contribution in [2.45, 2.75) is 32.6 Å². The predicted octanol–water partition coefficient (Wildman–Crippen LogP) is 5.28. The van der Waals surface area contributed by atoms with Crippen LogP contribution in [0.25, 0.3) is 0 Å². The topological polar surface area (TPSA) is 0 Å². The van der Waals surface area contributed by atoms with E-state index in [0.29, 0.717) is 0 Å². The lowest BCUT2D eigenvalue weighted by molar-refractivity contribution is 0.544. The molecule has 0 bridgehead atoms. The largest absolute Gasteiger partial charge is 0.0978 e. The molecule has 0 amide bonds. The highest BCUT2D eigenvalue weighted by atomic mass is 32.2. The van der Waals surface area contributed by atoms with E-state index in [2.05, 4.69) is 69.5 Å². The van der Waals surface area contributed by atoms with Gasteiger partial charge in [-0.1, -0.05) is 62.9 Å². The summed E-state index contributed by atoms with van der Waals surface area (Å²) in [6.45, 7) is 8.77. The van der Waals surface area contributed by atoms with Crippen LogP contribution in [0.2, 0.25) is 0 Å². The van der Waals surface area contributed by atoms with E-state index < -0.39 is 0 Å². The van der Waals surface area contributed by atoms with E-state index in [-0.39, 0.29) is 5.41 Å². The van der Waals surface area contributed by atoms with Crippen molar-refractivity contribution in [3.05, 3.63) is 53.5 Å². The van der Waals surface area contributed by atoms with E-state index in [0.717, 1.165) is 0 Å². The molecule has 1 rings (SSSR count). The molecular weight excluding hydrogens is 212 g/mol. The maximum absolute atomic E-state index is 2.24. The summed E-state index contributed by atoms with van der Waals surface area (Å²) >= 11 is 1.77. The van der Waals surface area contributed by atoms with E-state index in [1.165, 1.54) is 10.5 Å². The van der Waals surface area contributed by atoms with E-state index >= 15 is 0 Å². The lowest BCUT2D eigenvalue weighted by Crippen LogP contribution is -1.98. The van der Waals surface area contributed by atoms with Gasteiger partial charge in [-0.05, 0) is 35.5 Å². The first kappa shape index (κ1) is 13.1. The molecule has 1 aromatic carbocycles. The minimum Gasteiger partial charge on any atom is -0.0978 e. The Bertz CT molecular complexity index is 366. The average molecular weight is 232 g/mol. The Kier molecular flexibility index (Phi) is 4.88. The third kappa shape index (κ3) is 5.82. The lowest BCUT2D eigenvalue weighted by Gasteiger charge is -2.10. The molecule has 0 fully saturated rings. The summed E-state index contributed by atoms with van der Waals surface area (Å²) in [5, 5.41) is 2.19. The molecule has 0 aliphatic heterocycles. The molecule has 0 N–H and O–H groups in total. The molecule has 0 radical (unpaired) electrons. The molecular formula is C15H20S.